The molecule has 3 rings (SSSR count). The van der Waals surface area contributed by atoms with Crippen LogP contribution in [-0.2, 0) is 13.2 Å². The van der Waals surface area contributed by atoms with E-state index >= 15 is 0 Å². The van der Waals surface area contributed by atoms with Crippen molar-refractivity contribution >= 4 is 11.8 Å². The molecular formula is C16H19NO2S. The number of thioether (sulfide) groups is 1. The zero-order chi connectivity index (χ0) is 13.8. The average molecular weight is 289 g/mol. The van der Waals surface area contributed by atoms with E-state index in [0.29, 0.717) is 6.61 Å². The van der Waals surface area contributed by atoms with Gasteiger partial charge >= 0.3 is 0 Å². The number of para-hydroxylation sites is 1. The van der Waals surface area contributed by atoms with Gasteiger partial charge in [0.15, 0.2) is 0 Å². The first-order valence-electron chi connectivity index (χ1n) is 6.90. The normalized spacial score (nSPS) is 14.4. The Bertz CT molecular complexity index is 563. The zero-order valence-corrected chi connectivity index (χ0v) is 12.4. The van der Waals surface area contributed by atoms with Gasteiger partial charge in [0.25, 0.3) is 0 Å². The Hall–Kier alpha value is -1.39. The molecule has 3 nitrogen and oxygen atoms in total. The fourth-order valence-electron chi connectivity index (χ4n) is 2.03. The van der Waals surface area contributed by atoms with Crippen molar-refractivity contribution in [3.8, 4) is 5.75 Å². The van der Waals surface area contributed by atoms with Crippen molar-refractivity contribution in [2.24, 2.45) is 0 Å². The summed E-state index contributed by atoms with van der Waals surface area (Å²) in [6.45, 7) is 1.36. The van der Waals surface area contributed by atoms with Gasteiger partial charge in [0.05, 0.1) is 6.26 Å². The summed E-state index contributed by atoms with van der Waals surface area (Å²) in [4.78, 5) is 1.15. The predicted molar refractivity (Wildman–Crippen MR) is 81.1 cm³/mol. The monoisotopic (exact) mass is 289 g/mol. The van der Waals surface area contributed by atoms with Gasteiger partial charge in [0.1, 0.15) is 18.1 Å². The first-order chi connectivity index (χ1) is 9.85. The number of ether oxygens (including phenoxy) is 1. The molecule has 0 radical (unpaired) electrons. The molecule has 0 spiro atoms. The summed E-state index contributed by atoms with van der Waals surface area (Å²) in [6.07, 6.45) is 6.48. The predicted octanol–water partition coefficient (Wildman–Crippen LogP) is 3.83. The lowest BCUT2D eigenvalue weighted by Crippen LogP contribution is -2.14. The second-order valence-corrected chi connectivity index (χ2v) is 5.86. The number of hydrogen-bond donors (Lipinski definition) is 1. The van der Waals surface area contributed by atoms with Crippen LogP contribution in [0.15, 0.2) is 45.9 Å². The summed E-state index contributed by atoms with van der Waals surface area (Å²) in [5.74, 6) is 1.78. The van der Waals surface area contributed by atoms with Crippen molar-refractivity contribution in [1.82, 2.24) is 5.32 Å². The van der Waals surface area contributed by atoms with Crippen LogP contribution in [0.2, 0.25) is 0 Å². The van der Waals surface area contributed by atoms with Crippen LogP contribution in [0.5, 0.6) is 5.75 Å². The largest absolute Gasteiger partial charge is 0.484 e. The van der Waals surface area contributed by atoms with Crippen molar-refractivity contribution in [2.45, 2.75) is 36.9 Å². The molecular weight excluding hydrogens is 270 g/mol. The molecule has 0 saturated heterocycles. The standard InChI is InChI=1S/C16H19NO2S/c1-20-16-5-3-2-4-15(16)19-11-14-8-12(10-18-14)9-17-13-6-7-13/h2-5,8,10,13,17H,6-7,9,11H2,1H3. The lowest BCUT2D eigenvalue weighted by molar-refractivity contribution is 0.264. The van der Waals surface area contributed by atoms with Gasteiger partial charge in [0.2, 0.25) is 0 Å². The summed E-state index contributed by atoms with van der Waals surface area (Å²) in [5, 5.41) is 3.47. The molecule has 0 bridgehead atoms. The molecule has 1 saturated carbocycles. The molecule has 1 aromatic carbocycles. The van der Waals surface area contributed by atoms with Crippen molar-refractivity contribution in [2.75, 3.05) is 6.26 Å². The van der Waals surface area contributed by atoms with E-state index in [0.717, 1.165) is 29.0 Å². The van der Waals surface area contributed by atoms with Crippen LogP contribution < -0.4 is 10.1 Å². The van der Waals surface area contributed by atoms with Gasteiger partial charge in [-0.05, 0) is 37.3 Å². The molecule has 1 N–H and O–H groups in total. The highest BCUT2D eigenvalue weighted by atomic mass is 32.2. The highest BCUT2D eigenvalue weighted by molar-refractivity contribution is 7.98. The number of furan rings is 1. The van der Waals surface area contributed by atoms with Gasteiger partial charge in [-0.25, -0.2) is 0 Å². The molecule has 0 amide bonds. The molecule has 0 aliphatic heterocycles. The van der Waals surface area contributed by atoms with Gasteiger partial charge in [-0.2, -0.15) is 0 Å². The third-order valence-electron chi connectivity index (χ3n) is 3.32. The molecule has 20 heavy (non-hydrogen) atoms. The van der Waals surface area contributed by atoms with E-state index < -0.39 is 0 Å². The van der Waals surface area contributed by atoms with E-state index in [1.54, 1.807) is 11.8 Å². The third kappa shape index (κ3) is 3.58. The van der Waals surface area contributed by atoms with Crippen molar-refractivity contribution in [3.63, 3.8) is 0 Å². The van der Waals surface area contributed by atoms with E-state index in [-0.39, 0.29) is 0 Å². The van der Waals surface area contributed by atoms with E-state index in [4.69, 9.17) is 9.15 Å². The summed E-state index contributed by atoms with van der Waals surface area (Å²) in [7, 11) is 0. The molecule has 0 atom stereocenters. The van der Waals surface area contributed by atoms with Crippen LogP contribution in [0.1, 0.15) is 24.2 Å². The molecule has 1 aromatic heterocycles. The minimum absolute atomic E-state index is 0.473. The lowest BCUT2D eigenvalue weighted by Gasteiger charge is -2.07. The molecule has 0 unspecified atom stereocenters. The maximum absolute atomic E-state index is 5.83. The van der Waals surface area contributed by atoms with E-state index in [1.807, 2.05) is 24.5 Å². The minimum Gasteiger partial charge on any atom is -0.484 e. The van der Waals surface area contributed by atoms with Gasteiger partial charge in [0, 0.05) is 23.0 Å². The van der Waals surface area contributed by atoms with Crippen LogP contribution in [0, 0.1) is 0 Å². The highest BCUT2D eigenvalue weighted by Gasteiger charge is 2.20. The quantitative estimate of drug-likeness (QED) is 0.786. The molecule has 2 aromatic rings. The van der Waals surface area contributed by atoms with Gasteiger partial charge in [-0.15, -0.1) is 11.8 Å². The van der Waals surface area contributed by atoms with Gasteiger partial charge in [-0.1, -0.05) is 12.1 Å². The Balaban J connectivity index is 1.54. The van der Waals surface area contributed by atoms with Crippen LogP contribution >= 0.6 is 11.8 Å². The Morgan fingerprint density at radius 1 is 1.35 bits per heavy atom. The molecule has 1 fully saturated rings. The Kier molecular flexibility index (Phi) is 4.33. The molecule has 1 aliphatic carbocycles. The van der Waals surface area contributed by atoms with Gasteiger partial charge < -0.3 is 14.5 Å². The SMILES string of the molecule is CSc1ccccc1OCc1cc(CNC2CC2)co1. The molecule has 1 heterocycles. The average Bonchev–Trinajstić information content (AvgIpc) is 3.21. The van der Waals surface area contributed by atoms with Gasteiger partial charge in [-0.3, -0.25) is 0 Å². The Labute approximate surface area is 123 Å². The fourth-order valence-corrected chi connectivity index (χ4v) is 2.57. The molecule has 1 aliphatic rings. The van der Waals surface area contributed by atoms with E-state index in [2.05, 4.69) is 23.7 Å². The summed E-state index contributed by atoms with van der Waals surface area (Å²) in [6, 6.07) is 10.8. The van der Waals surface area contributed by atoms with Crippen molar-refractivity contribution < 1.29 is 9.15 Å². The van der Waals surface area contributed by atoms with E-state index in [1.165, 1.54) is 18.4 Å². The first kappa shape index (κ1) is 13.6. The number of hydrogen-bond acceptors (Lipinski definition) is 4. The number of benzene rings is 1. The topological polar surface area (TPSA) is 34.4 Å². The van der Waals surface area contributed by atoms with E-state index in [9.17, 15) is 0 Å². The van der Waals surface area contributed by atoms with Crippen molar-refractivity contribution in [3.05, 3.63) is 47.9 Å². The summed E-state index contributed by atoms with van der Waals surface area (Å²) >= 11 is 1.69. The smallest absolute Gasteiger partial charge is 0.146 e. The summed E-state index contributed by atoms with van der Waals surface area (Å²) in [5.41, 5.74) is 1.19. The van der Waals surface area contributed by atoms with Crippen molar-refractivity contribution in [1.29, 1.82) is 0 Å². The Morgan fingerprint density at radius 3 is 3.00 bits per heavy atom. The zero-order valence-electron chi connectivity index (χ0n) is 11.6. The number of rotatable bonds is 7. The minimum atomic E-state index is 0.473. The second kappa shape index (κ2) is 6.37. The summed E-state index contributed by atoms with van der Waals surface area (Å²) < 4.78 is 11.4. The fraction of sp³-hybridized carbons (Fsp3) is 0.375. The molecule has 106 valence electrons. The molecule has 4 heteroatoms. The van der Waals surface area contributed by atoms with Crippen LogP contribution in [0.3, 0.4) is 0 Å². The number of nitrogens with one attached hydrogen (secondary N) is 1. The maximum Gasteiger partial charge on any atom is 0.146 e. The first-order valence-corrected chi connectivity index (χ1v) is 8.13. The second-order valence-electron chi connectivity index (χ2n) is 5.02. The maximum atomic E-state index is 5.83. The Morgan fingerprint density at radius 2 is 2.20 bits per heavy atom. The highest BCUT2D eigenvalue weighted by Crippen LogP contribution is 2.27. The third-order valence-corrected chi connectivity index (χ3v) is 4.10. The lowest BCUT2D eigenvalue weighted by atomic mass is 10.3. The van der Waals surface area contributed by atoms with Crippen LogP contribution in [-0.4, -0.2) is 12.3 Å². The van der Waals surface area contributed by atoms with Crippen LogP contribution in [0.25, 0.3) is 0 Å². The van der Waals surface area contributed by atoms with Crippen LogP contribution in [0.4, 0.5) is 0 Å².